The fourth-order valence-electron chi connectivity index (χ4n) is 4.99. The third-order valence-electron chi connectivity index (χ3n) is 7.18. The number of nitrogens with two attached hydrogens (primary N) is 1. The quantitative estimate of drug-likeness (QED) is 0.194. The van der Waals surface area contributed by atoms with Gasteiger partial charge in [-0.1, -0.05) is 6.07 Å². The van der Waals surface area contributed by atoms with E-state index in [-0.39, 0.29) is 11.7 Å². The Kier molecular flexibility index (Phi) is 8.42. The summed E-state index contributed by atoms with van der Waals surface area (Å²) in [5, 5.41) is 13.8. The summed E-state index contributed by atoms with van der Waals surface area (Å²) in [5.74, 6) is 2.09. The minimum absolute atomic E-state index is 0.161. The van der Waals surface area contributed by atoms with Crippen molar-refractivity contribution in [1.82, 2.24) is 35.1 Å². The first-order valence-electron chi connectivity index (χ1n) is 14.3. The number of imidazole rings is 1. The second-order valence-corrected chi connectivity index (χ2v) is 10.1. The largest absolute Gasteiger partial charge is 0.494 e. The van der Waals surface area contributed by atoms with Gasteiger partial charge in [-0.15, -0.1) is 0 Å². The Morgan fingerprint density at radius 1 is 1.09 bits per heavy atom. The molecule has 1 fully saturated rings. The number of rotatable bonds is 11. The molecule has 222 valence electrons. The number of amides is 1. The number of anilines is 2. The van der Waals surface area contributed by atoms with Gasteiger partial charge < -0.3 is 35.3 Å². The molecule has 1 aliphatic heterocycles. The third kappa shape index (κ3) is 6.58. The Labute approximate surface area is 248 Å². The topological polar surface area (TPSA) is 158 Å². The highest BCUT2D eigenvalue weighted by atomic mass is 16.6. The molecule has 4 heterocycles. The average Bonchev–Trinajstić information content (AvgIpc) is 3.62. The van der Waals surface area contributed by atoms with Crippen LogP contribution in [0.4, 0.5) is 11.5 Å². The summed E-state index contributed by atoms with van der Waals surface area (Å²) in [6.45, 7) is 8.50. The normalized spacial score (nSPS) is 13.7. The summed E-state index contributed by atoms with van der Waals surface area (Å²) in [6.07, 6.45) is 2.58. The summed E-state index contributed by atoms with van der Waals surface area (Å²) in [6, 6.07) is 16.1. The zero-order chi connectivity index (χ0) is 29.6. The number of pyridine rings is 1. The van der Waals surface area contributed by atoms with Crippen molar-refractivity contribution in [3.63, 3.8) is 0 Å². The maximum atomic E-state index is 12.9. The number of carbonyl (C=O) groups is 1. The number of ether oxygens (including phenoxy) is 2. The Balaban J connectivity index is 1.06. The van der Waals surface area contributed by atoms with Gasteiger partial charge in [0.15, 0.2) is 17.3 Å². The number of fused-ring (bicyclic) bond motifs is 1. The summed E-state index contributed by atoms with van der Waals surface area (Å²) in [7, 11) is 0. The summed E-state index contributed by atoms with van der Waals surface area (Å²) in [4.78, 5) is 24.4. The van der Waals surface area contributed by atoms with Crippen LogP contribution in [0.2, 0.25) is 0 Å². The lowest BCUT2D eigenvalue weighted by atomic mass is 10.2. The van der Waals surface area contributed by atoms with Crippen molar-refractivity contribution in [2.75, 3.05) is 50.4 Å². The number of nitrogens with one attached hydrogen (secondary N) is 2. The van der Waals surface area contributed by atoms with E-state index in [9.17, 15) is 4.79 Å². The molecule has 1 saturated heterocycles. The number of aryl methyl sites for hydroxylation is 1. The number of nitrogen functional groups attached to an aromatic ring is 1. The summed E-state index contributed by atoms with van der Waals surface area (Å²) < 4.78 is 18.6. The van der Waals surface area contributed by atoms with Crippen LogP contribution >= 0.6 is 0 Å². The first-order valence-corrected chi connectivity index (χ1v) is 14.3. The molecule has 2 aromatic carbocycles. The number of carbonyl (C=O) groups excluding carboxylic acids is 1. The molecule has 0 aliphatic carbocycles. The van der Waals surface area contributed by atoms with Gasteiger partial charge in [-0.05, 0) is 60.1 Å². The van der Waals surface area contributed by atoms with E-state index in [4.69, 9.17) is 19.8 Å². The van der Waals surface area contributed by atoms with Crippen molar-refractivity contribution in [3.05, 3.63) is 66.4 Å². The van der Waals surface area contributed by atoms with Crippen LogP contribution in [0.1, 0.15) is 23.7 Å². The molecule has 13 heteroatoms. The van der Waals surface area contributed by atoms with E-state index in [0.29, 0.717) is 53.1 Å². The van der Waals surface area contributed by atoms with E-state index in [1.165, 1.54) is 0 Å². The second kappa shape index (κ2) is 12.9. The van der Waals surface area contributed by atoms with Gasteiger partial charge in [-0.3, -0.25) is 4.79 Å². The number of nitrogens with zero attached hydrogens (tertiary/aromatic N) is 6. The smallest absolute Gasteiger partial charge is 0.255 e. The molecular weight excluding hydrogens is 550 g/mol. The van der Waals surface area contributed by atoms with Crippen LogP contribution in [-0.2, 0) is 6.54 Å². The Morgan fingerprint density at radius 2 is 1.93 bits per heavy atom. The number of hydrogen-bond acceptors (Lipinski definition) is 11. The maximum absolute atomic E-state index is 12.9. The van der Waals surface area contributed by atoms with Gasteiger partial charge in [-0.25, -0.2) is 14.6 Å². The molecule has 5 aromatic rings. The molecule has 0 atom stereocenters. The van der Waals surface area contributed by atoms with Gasteiger partial charge >= 0.3 is 0 Å². The van der Waals surface area contributed by atoms with E-state index in [1.807, 2.05) is 23.6 Å². The molecule has 0 spiro atoms. The van der Waals surface area contributed by atoms with Crippen molar-refractivity contribution in [3.8, 4) is 28.9 Å². The predicted octanol–water partition coefficient (Wildman–Crippen LogP) is 3.80. The fourth-order valence-corrected chi connectivity index (χ4v) is 4.99. The lowest BCUT2D eigenvalue weighted by molar-refractivity contribution is 0.102. The highest BCUT2D eigenvalue weighted by molar-refractivity contribution is 6.04. The van der Waals surface area contributed by atoms with Crippen LogP contribution in [-0.4, -0.2) is 75.0 Å². The average molecular weight is 584 g/mol. The third-order valence-corrected chi connectivity index (χ3v) is 7.18. The maximum Gasteiger partial charge on any atom is 0.255 e. The number of aromatic nitrogens is 5. The molecule has 43 heavy (non-hydrogen) atoms. The molecule has 1 aliphatic rings. The van der Waals surface area contributed by atoms with Crippen molar-refractivity contribution < 1.29 is 18.9 Å². The first-order chi connectivity index (χ1) is 21.1. The second-order valence-electron chi connectivity index (χ2n) is 10.1. The molecule has 0 radical (unpaired) electrons. The minimum atomic E-state index is -0.233. The van der Waals surface area contributed by atoms with Gasteiger partial charge in [0.25, 0.3) is 5.91 Å². The minimum Gasteiger partial charge on any atom is -0.494 e. The van der Waals surface area contributed by atoms with Crippen LogP contribution in [0.25, 0.3) is 22.6 Å². The van der Waals surface area contributed by atoms with E-state index in [2.05, 4.69) is 35.8 Å². The van der Waals surface area contributed by atoms with E-state index >= 15 is 0 Å². The van der Waals surface area contributed by atoms with Crippen LogP contribution in [0, 0.1) is 0 Å². The van der Waals surface area contributed by atoms with E-state index in [0.717, 1.165) is 50.4 Å². The van der Waals surface area contributed by atoms with Gasteiger partial charge in [0.05, 0.1) is 18.3 Å². The van der Waals surface area contributed by atoms with E-state index < -0.39 is 0 Å². The highest BCUT2D eigenvalue weighted by Crippen LogP contribution is 2.30. The van der Waals surface area contributed by atoms with Gasteiger partial charge in [0.1, 0.15) is 17.0 Å². The summed E-state index contributed by atoms with van der Waals surface area (Å²) >= 11 is 0. The van der Waals surface area contributed by atoms with Crippen LogP contribution in [0.5, 0.6) is 17.4 Å². The Bertz CT molecular complexity index is 1690. The molecule has 0 bridgehead atoms. The first kappa shape index (κ1) is 28.1. The predicted molar refractivity (Wildman–Crippen MR) is 161 cm³/mol. The van der Waals surface area contributed by atoms with Crippen molar-refractivity contribution in [2.24, 2.45) is 0 Å². The fraction of sp³-hybridized carbons (Fsp3) is 0.300. The zero-order valence-electron chi connectivity index (χ0n) is 23.8. The molecule has 0 unspecified atom stereocenters. The molecule has 13 nitrogen and oxygen atoms in total. The van der Waals surface area contributed by atoms with Crippen molar-refractivity contribution in [2.45, 2.75) is 19.9 Å². The lowest BCUT2D eigenvalue weighted by Crippen LogP contribution is -2.43. The summed E-state index contributed by atoms with van der Waals surface area (Å²) in [5.41, 5.74) is 8.82. The molecular formula is C30H33N9O4. The van der Waals surface area contributed by atoms with Crippen LogP contribution in [0.15, 0.2) is 65.4 Å². The van der Waals surface area contributed by atoms with Gasteiger partial charge in [0.2, 0.25) is 5.88 Å². The standard InChI is InChI=1S/C30H33N9O4/c1-2-39-25-18-26(33-19-24(25)35-29(39)27-28(31)37-43-36-27)42-23-6-3-5-21(17-23)34-30(40)20-7-9-22(10-8-20)41-16-4-13-38-14-11-32-12-15-38/h3,5-10,17-19,32H,2,4,11-16H2,1H3,(H2,31,37)(H,34,40). The van der Waals surface area contributed by atoms with Gasteiger partial charge in [0, 0.05) is 62.7 Å². The lowest BCUT2D eigenvalue weighted by Gasteiger charge is -2.26. The van der Waals surface area contributed by atoms with Gasteiger partial charge in [-0.2, -0.15) is 0 Å². The van der Waals surface area contributed by atoms with Crippen LogP contribution in [0.3, 0.4) is 0 Å². The van der Waals surface area contributed by atoms with Crippen molar-refractivity contribution in [1.29, 1.82) is 0 Å². The molecule has 1 amide bonds. The number of piperazine rings is 1. The zero-order valence-corrected chi connectivity index (χ0v) is 23.8. The molecule has 4 N–H and O–H groups in total. The monoisotopic (exact) mass is 583 g/mol. The SMILES string of the molecule is CCn1c(-c2nonc2N)nc2cnc(Oc3cccc(NC(=O)c4ccc(OCCCN5CCNCC5)cc4)c3)cc21. The number of hydrogen-bond donors (Lipinski definition) is 3. The molecule has 3 aromatic heterocycles. The molecule has 6 rings (SSSR count). The van der Waals surface area contributed by atoms with Crippen molar-refractivity contribution >= 4 is 28.4 Å². The van der Waals surface area contributed by atoms with E-state index in [1.54, 1.807) is 48.7 Å². The number of benzene rings is 2. The Morgan fingerprint density at radius 3 is 2.70 bits per heavy atom. The van der Waals surface area contributed by atoms with Crippen LogP contribution < -0.4 is 25.8 Å². The molecule has 0 saturated carbocycles. The highest BCUT2D eigenvalue weighted by Gasteiger charge is 2.19. The Hall–Kier alpha value is -5.01.